The molecule has 3 nitrogen and oxygen atoms in total. The van der Waals surface area contributed by atoms with Gasteiger partial charge < -0.3 is 9.80 Å². The van der Waals surface area contributed by atoms with Crippen LogP contribution in [0.4, 0.5) is 13.2 Å². The van der Waals surface area contributed by atoms with Crippen molar-refractivity contribution in [3.63, 3.8) is 0 Å². The third kappa shape index (κ3) is 5.71. The Hall–Kier alpha value is -2.34. The van der Waals surface area contributed by atoms with E-state index in [4.69, 9.17) is 0 Å². The van der Waals surface area contributed by atoms with Crippen molar-refractivity contribution in [3.05, 3.63) is 71.3 Å². The van der Waals surface area contributed by atoms with Crippen molar-refractivity contribution < 1.29 is 18.0 Å². The van der Waals surface area contributed by atoms with Gasteiger partial charge in [-0.05, 0) is 67.8 Å². The monoisotopic (exact) mass is 444 g/mol. The predicted octanol–water partition coefficient (Wildman–Crippen LogP) is 5.22. The Kier molecular flexibility index (Phi) is 6.89. The molecule has 0 N–H and O–H groups in total. The van der Waals surface area contributed by atoms with Crippen molar-refractivity contribution in [1.29, 1.82) is 0 Å². The lowest BCUT2D eigenvalue weighted by molar-refractivity contribution is -0.137. The fourth-order valence-electron chi connectivity index (χ4n) is 4.88. The molecule has 1 saturated heterocycles. The zero-order chi connectivity index (χ0) is 22.7. The van der Waals surface area contributed by atoms with Gasteiger partial charge in [-0.2, -0.15) is 13.2 Å². The van der Waals surface area contributed by atoms with Crippen LogP contribution in [0.1, 0.15) is 41.9 Å². The van der Waals surface area contributed by atoms with Crippen LogP contribution in [0.25, 0.3) is 0 Å². The summed E-state index contributed by atoms with van der Waals surface area (Å²) in [5.41, 5.74) is 1.41. The molecule has 0 bridgehead atoms. The van der Waals surface area contributed by atoms with Gasteiger partial charge in [-0.1, -0.05) is 48.5 Å². The fraction of sp³-hybridized carbons (Fsp3) is 0.500. The van der Waals surface area contributed by atoms with Crippen molar-refractivity contribution in [2.45, 2.75) is 37.8 Å². The molecule has 2 aliphatic rings. The average Bonchev–Trinajstić information content (AvgIpc) is 3.59. The molecule has 0 aromatic heterocycles. The first-order chi connectivity index (χ1) is 15.3. The first-order valence-corrected chi connectivity index (χ1v) is 11.5. The number of hydrogen-bond donors (Lipinski definition) is 0. The van der Waals surface area contributed by atoms with Crippen LogP contribution in [-0.4, -0.2) is 48.9 Å². The quantitative estimate of drug-likeness (QED) is 0.585. The van der Waals surface area contributed by atoms with Gasteiger partial charge >= 0.3 is 6.18 Å². The van der Waals surface area contributed by atoms with E-state index in [1.54, 1.807) is 6.07 Å². The van der Waals surface area contributed by atoms with E-state index in [1.165, 1.54) is 17.7 Å². The highest BCUT2D eigenvalue weighted by Gasteiger charge is 2.45. The molecule has 1 aliphatic heterocycles. The molecule has 1 aliphatic carbocycles. The number of piperidine rings is 1. The second kappa shape index (κ2) is 9.65. The van der Waals surface area contributed by atoms with Gasteiger partial charge in [0.15, 0.2) is 0 Å². The van der Waals surface area contributed by atoms with Crippen LogP contribution in [0.3, 0.4) is 0 Å². The number of likely N-dealkylation sites (tertiary alicyclic amines) is 1. The first-order valence-electron chi connectivity index (χ1n) is 11.5. The lowest BCUT2D eigenvalue weighted by Crippen LogP contribution is -2.40. The minimum absolute atomic E-state index is 0.120. The maximum absolute atomic E-state index is 12.9. The summed E-state index contributed by atoms with van der Waals surface area (Å²) in [4.78, 5) is 17.1. The normalized spacial score (nSPS) is 22.0. The molecule has 2 atom stereocenters. The minimum Gasteiger partial charge on any atom is -0.345 e. The molecule has 172 valence electrons. The zero-order valence-corrected chi connectivity index (χ0v) is 18.5. The number of alkyl halides is 3. The lowest BCUT2D eigenvalue weighted by atomic mass is 9.95. The van der Waals surface area contributed by atoms with Crippen molar-refractivity contribution >= 4 is 5.91 Å². The summed E-state index contributed by atoms with van der Waals surface area (Å²) in [5, 5.41) is 0. The lowest BCUT2D eigenvalue weighted by Gasteiger charge is -2.34. The predicted molar refractivity (Wildman–Crippen MR) is 119 cm³/mol. The van der Waals surface area contributed by atoms with Gasteiger partial charge in [-0.15, -0.1) is 0 Å². The van der Waals surface area contributed by atoms with Gasteiger partial charge in [0.25, 0.3) is 0 Å². The third-order valence-electron chi connectivity index (χ3n) is 6.92. The number of benzene rings is 2. The van der Waals surface area contributed by atoms with Crippen LogP contribution in [0.5, 0.6) is 0 Å². The molecular formula is C26H31F3N2O. The first kappa shape index (κ1) is 22.8. The molecule has 2 aromatic carbocycles. The second-order valence-electron chi connectivity index (χ2n) is 9.31. The maximum Gasteiger partial charge on any atom is 0.416 e. The van der Waals surface area contributed by atoms with E-state index in [9.17, 15) is 18.0 Å². The van der Waals surface area contributed by atoms with Crippen LogP contribution in [0, 0.1) is 11.8 Å². The van der Waals surface area contributed by atoms with Crippen LogP contribution in [0.2, 0.25) is 0 Å². The van der Waals surface area contributed by atoms with Gasteiger partial charge in [0.1, 0.15) is 0 Å². The van der Waals surface area contributed by atoms with Gasteiger partial charge in [0, 0.05) is 26.1 Å². The summed E-state index contributed by atoms with van der Waals surface area (Å²) in [5.74, 6) is 1.23. The van der Waals surface area contributed by atoms with E-state index in [0.717, 1.165) is 57.1 Å². The van der Waals surface area contributed by atoms with Crippen LogP contribution >= 0.6 is 0 Å². The molecule has 0 unspecified atom stereocenters. The molecule has 0 spiro atoms. The molecule has 4 rings (SSSR count). The molecule has 0 radical (unpaired) electrons. The molecule has 1 heterocycles. The van der Waals surface area contributed by atoms with E-state index in [2.05, 4.69) is 17.0 Å². The largest absolute Gasteiger partial charge is 0.416 e. The van der Waals surface area contributed by atoms with E-state index < -0.39 is 11.7 Å². The Morgan fingerprint density at radius 1 is 1.06 bits per heavy atom. The standard InChI is InChI=1S/C26H31F3N2O/c1-30(25(32)24-17-23(24)21-7-3-2-4-8-21)18-20-11-14-31(15-12-20)13-10-19-6-5-9-22(16-19)26(27,28)29/h2-9,16,20,23-24H,10-15,17-18H2,1H3/t23-,24+/m0/s1. The number of carbonyl (C=O) groups is 1. The summed E-state index contributed by atoms with van der Waals surface area (Å²) >= 11 is 0. The van der Waals surface area contributed by atoms with Crippen molar-refractivity contribution in [1.82, 2.24) is 9.80 Å². The number of nitrogens with zero attached hydrogens (tertiary/aromatic N) is 2. The summed E-state index contributed by atoms with van der Waals surface area (Å²) in [6.07, 6.45) is -0.684. The van der Waals surface area contributed by atoms with Crippen molar-refractivity contribution in [2.75, 3.05) is 33.2 Å². The number of halogens is 3. The van der Waals surface area contributed by atoms with Crippen LogP contribution < -0.4 is 0 Å². The fourth-order valence-corrected chi connectivity index (χ4v) is 4.88. The topological polar surface area (TPSA) is 23.6 Å². The molecule has 1 saturated carbocycles. The van der Waals surface area contributed by atoms with Gasteiger partial charge in [-0.3, -0.25) is 4.79 Å². The zero-order valence-electron chi connectivity index (χ0n) is 18.5. The Morgan fingerprint density at radius 3 is 2.47 bits per heavy atom. The van der Waals surface area contributed by atoms with Crippen LogP contribution in [0.15, 0.2) is 54.6 Å². The number of rotatable bonds is 7. The molecular weight excluding hydrogens is 413 g/mol. The second-order valence-corrected chi connectivity index (χ2v) is 9.31. The molecule has 32 heavy (non-hydrogen) atoms. The summed E-state index contributed by atoms with van der Waals surface area (Å²) in [6.45, 7) is 3.42. The maximum atomic E-state index is 12.9. The molecule has 6 heteroatoms. The smallest absolute Gasteiger partial charge is 0.345 e. The summed E-state index contributed by atoms with van der Waals surface area (Å²) < 4.78 is 38.7. The van der Waals surface area contributed by atoms with Crippen molar-refractivity contribution in [3.8, 4) is 0 Å². The summed E-state index contributed by atoms with van der Waals surface area (Å²) in [7, 11) is 1.92. The van der Waals surface area contributed by atoms with E-state index >= 15 is 0 Å². The van der Waals surface area contributed by atoms with E-state index in [-0.39, 0.29) is 11.8 Å². The Bertz CT molecular complexity index is 907. The Balaban J connectivity index is 1.19. The van der Waals surface area contributed by atoms with E-state index in [0.29, 0.717) is 18.3 Å². The van der Waals surface area contributed by atoms with Crippen molar-refractivity contribution in [2.24, 2.45) is 11.8 Å². The highest BCUT2D eigenvalue weighted by atomic mass is 19.4. The van der Waals surface area contributed by atoms with Gasteiger partial charge in [-0.25, -0.2) is 0 Å². The highest BCUT2D eigenvalue weighted by Crippen LogP contribution is 2.48. The molecule has 1 amide bonds. The minimum atomic E-state index is -4.29. The van der Waals surface area contributed by atoms with Gasteiger partial charge in [0.05, 0.1) is 5.56 Å². The van der Waals surface area contributed by atoms with E-state index in [1.807, 2.05) is 30.1 Å². The summed E-state index contributed by atoms with van der Waals surface area (Å²) in [6, 6.07) is 15.9. The molecule has 2 fully saturated rings. The van der Waals surface area contributed by atoms with Gasteiger partial charge in [0.2, 0.25) is 5.91 Å². The third-order valence-corrected chi connectivity index (χ3v) is 6.92. The Morgan fingerprint density at radius 2 is 1.78 bits per heavy atom. The SMILES string of the molecule is CN(CC1CCN(CCc2cccc(C(F)(F)F)c2)CC1)C(=O)[C@@H]1C[C@H]1c1ccccc1. The number of hydrogen-bond acceptors (Lipinski definition) is 2. The average molecular weight is 445 g/mol. The number of carbonyl (C=O) groups excluding carboxylic acids is 1. The highest BCUT2D eigenvalue weighted by molar-refractivity contribution is 5.82. The molecule has 2 aromatic rings. The number of amides is 1. The Labute approximate surface area is 188 Å². The van der Waals surface area contributed by atoms with Crippen LogP contribution in [-0.2, 0) is 17.4 Å².